The Morgan fingerprint density at radius 2 is 1.93 bits per heavy atom. The zero-order chi connectivity index (χ0) is 11.8. The summed E-state index contributed by atoms with van der Waals surface area (Å²) < 4.78 is 10.9. The topological polar surface area (TPSA) is 31.4 Å². The van der Waals surface area contributed by atoms with Gasteiger partial charge in [-0.1, -0.05) is 13.8 Å². The first-order valence-electron chi connectivity index (χ1n) is 4.90. The maximum absolute atomic E-state index is 5.34. The maximum atomic E-state index is 5.34. The molecular weight excluding hydrogens is 258 g/mol. The number of nitrogens with zero attached hydrogens (tertiary/aromatic N) is 1. The first-order valence-corrected chi connectivity index (χ1v) is 5.70. The average molecular weight is 276 g/mol. The molecule has 0 fully saturated rings. The number of hydrogen-bond donors (Lipinski definition) is 0. The van der Waals surface area contributed by atoms with Crippen molar-refractivity contribution in [1.29, 1.82) is 0 Å². The Hall–Kier alpha value is -0.610. The van der Waals surface area contributed by atoms with E-state index in [-0.39, 0.29) is 6.79 Å². The number of aromatic nitrogens is 1. The Balaban J connectivity index is 0.000000921. The molecule has 0 saturated carbocycles. The van der Waals surface area contributed by atoms with Crippen molar-refractivity contribution >= 4 is 15.9 Å². The quantitative estimate of drug-likeness (QED) is 0.625. The van der Waals surface area contributed by atoms with Crippen molar-refractivity contribution in [3.05, 3.63) is 21.9 Å². The van der Waals surface area contributed by atoms with Gasteiger partial charge in [0.2, 0.25) is 0 Å². The molecule has 4 heteroatoms. The zero-order valence-electron chi connectivity index (χ0n) is 9.93. The standard InChI is InChI=1S/C9H12BrNO2.C2H6/c1-6-4-7(2)11-9(10)8(6)13-5-12-3;1-2/h4H,5H2,1-3H3;1-2H3. The number of halogens is 1. The normalized spacial score (nSPS) is 9.20. The lowest BCUT2D eigenvalue weighted by Gasteiger charge is -2.09. The molecule has 0 N–H and O–H groups in total. The smallest absolute Gasteiger partial charge is 0.188 e. The van der Waals surface area contributed by atoms with E-state index < -0.39 is 0 Å². The number of pyridine rings is 1. The van der Waals surface area contributed by atoms with E-state index in [1.165, 1.54) is 0 Å². The average Bonchev–Trinajstić information content (AvgIpc) is 2.19. The largest absolute Gasteiger partial charge is 0.464 e. The third kappa shape index (κ3) is 4.62. The highest BCUT2D eigenvalue weighted by molar-refractivity contribution is 9.10. The monoisotopic (exact) mass is 275 g/mol. The van der Waals surface area contributed by atoms with Crippen LogP contribution in [0.25, 0.3) is 0 Å². The van der Waals surface area contributed by atoms with Gasteiger partial charge in [0.1, 0.15) is 4.60 Å². The summed E-state index contributed by atoms with van der Waals surface area (Å²) in [7, 11) is 1.59. The number of ether oxygens (including phenoxy) is 2. The van der Waals surface area contributed by atoms with E-state index in [0.717, 1.165) is 21.6 Å². The molecule has 0 aliphatic heterocycles. The van der Waals surface area contributed by atoms with Gasteiger partial charge in [-0.2, -0.15) is 0 Å². The lowest BCUT2D eigenvalue weighted by atomic mass is 10.2. The van der Waals surface area contributed by atoms with Gasteiger partial charge in [-0.05, 0) is 41.4 Å². The third-order valence-electron chi connectivity index (χ3n) is 1.57. The minimum atomic E-state index is 0.240. The Bertz CT molecular complexity index is 280. The van der Waals surface area contributed by atoms with Gasteiger partial charge in [-0.15, -0.1) is 0 Å². The van der Waals surface area contributed by atoms with E-state index in [1.807, 2.05) is 33.8 Å². The van der Waals surface area contributed by atoms with Crippen molar-refractivity contribution in [2.24, 2.45) is 0 Å². The molecule has 15 heavy (non-hydrogen) atoms. The van der Waals surface area contributed by atoms with Gasteiger partial charge in [0.25, 0.3) is 0 Å². The minimum absolute atomic E-state index is 0.240. The fourth-order valence-corrected chi connectivity index (χ4v) is 1.78. The molecule has 0 aliphatic rings. The Morgan fingerprint density at radius 1 is 1.33 bits per heavy atom. The molecule has 86 valence electrons. The van der Waals surface area contributed by atoms with Crippen LogP contribution in [0.15, 0.2) is 10.7 Å². The Morgan fingerprint density at radius 3 is 2.40 bits per heavy atom. The number of aryl methyl sites for hydroxylation is 2. The van der Waals surface area contributed by atoms with Crippen LogP contribution in [-0.4, -0.2) is 18.9 Å². The summed E-state index contributed by atoms with van der Waals surface area (Å²) in [5.74, 6) is 0.743. The maximum Gasteiger partial charge on any atom is 0.188 e. The van der Waals surface area contributed by atoms with Crippen LogP contribution in [0.4, 0.5) is 0 Å². The van der Waals surface area contributed by atoms with E-state index in [0.29, 0.717) is 0 Å². The summed E-state index contributed by atoms with van der Waals surface area (Å²) >= 11 is 3.34. The van der Waals surface area contributed by atoms with Gasteiger partial charge in [0, 0.05) is 12.8 Å². The van der Waals surface area contributed by atoms with Crippen LogP contribution < -0.4 is 4.74 Å². The zero-order valence-corrected chi connectivity index (χ0v) is 11.5. The highest BCUT2D eigenvalue weighted by atomic mass is 79.9. The van der Waals surface area contributed by atoms with Crippen molar-refractivity contribution in [1.82, 2.24) is 4.98 Å². The van der Waals surface area contributed by atoms with E-state index in [2.05, 4.69) is 20.9 Å². The van der Waals surface area contributed by atoms with Crippen LogP contribution in [0, 0.1) is 13.8 Å². The van der Waals surface area contributed by atoms with Crippen LogP contribution >= 0.6 is 15.9 Å². The summed E-state index contributed by atoms with van der Waals surface area (Å²) in [6.45, 7) is 8.16. The molecule has 0 spiro atoms. The molecule has 0 saturated heterocycles. The second-order valence-corrected chi connectivity index (χ2v) is 3.50. The van der Waals surface area contributed by atoms with E-state index >= 15 is 0 Å². The molecule has 0 unspecified atom stereocenters. The lowest BCUT2D eigenvalue weighted by molar-refractivity contribution is 0.0497. The Labute approximate surface area is 99.9 Å². The molecule has 0 radical (unpaired) electrons. The minimum Gasteiger partial charge on any atom is -0.464 e. The van der Waals surface area contributed by atoms with Crippen LogP contribution in [0.3, 0.4) is 0 Å². The molecule has 0 aromatic carbocycles. The Kier molecular flexibility index (Phi) is 7.34. The summed E-state index contributed by atoms with van der Waals surface area (Å²) in [5.41, 5.74) is 2.02. The van der Waals surface area contributed by atoms with E-state index in [1.54, 1.807) is 7.11 Å². The molecule has 1 rings (SSSR count). The molecule has 0 aliphatic carbocycles. The predicted molar refractivity (Wildman–Crippen MR) is 65.3 cm³/mol. The fourth-order valence-electron chi connectivity index (χ4n) is 1.07. The van der Waals surface area contributed by atoms with Crippen LogP contribution in [0.2, 0.25) is 0 Å². The highest BCUT2D eigenvalue weighted by Crippen LogP contribution is 2.27. The van der Waals surface area contributed by atoms with Crippen molar-refractivity contribution in [3.8, 4) is 5.75 Å². The van der Waals surface area contributed by atoms with Crippen molar-refractivity contribution in [3.63, 3.8) is 0 Å². The molecule has 0 atom stereocenters. The second-order valence-electron chi connectivity index (χ2n) is 2.75. The summed E-state index contributed by atoms with van der Waals surface area (Å²) in [5, 5.41) is 0. The first kappa shape index (κ1) is 14.4. The molecule has 1 aromatic rings. The summed E-state index contributed by atoms with van der Waals surface area (Å²) in [6.07, 6.45) is 0. The van der Waals surface area contributed by atoms with Gasteiger partial charge in [0.15, 0.2) is 12.5 Å². The van der Waals surface area contributed by atoms with Gasteiger partial charge < -0.3 is 9.47 Å². The number of hydrogen-bond acceptors (Lipinski definition) is 3. The molecular formula is C11H18BrNO2. The molecule has 3 nitrogen and oxygen atoms in total. The van der Waals surface area contributed by atoms with E-state index in [9.17, 15) is 0 Å². The van der Waals surface area contributed by atoms with Gasteiger partial charge >= 0.3 is 0 Å². The van der Waals surface area contributed by atoms with Crippen LogP contribution in [0.1, 0.15) is 25.1 Å². The molecule has 0 bridgehead atoms. The molecule has 1 heterocycles. The molecule has 0 amide bonds. The van der Waals surface area contributed by atoms with E-state index in [4.69, 9.17) is 9.47 Å². The van der Waals surface area contributed by atoms with Gasteiger partial charge in [-0.3, -0.25) is 0 Å². The number of rotatable bonds is 3. The van der Waals surface area contributed by atoms with Crippen LogP contribution in [0.5, 0.6) is 5.75 Å². The van der Waals surface area contributed by atoms with Crippen molar-refractivity contribution in [2.45, 2.75) is 27.7 Å². The second kappa shape index (κ2) is 7.65. The summed E-state index contributed by atoms with van der Waals surface area (Å²) in [4.78, 5) is 4.22. The lowest BCUT2D eigenvalue weighted by Crippen LogP contribution is -2.02. The highest BCUT2D eigenvalue weighted by Gasteiger charge is 2.06. The number of methoxy groups -OCH3 is 1. The fraction of sp³-hybridized carbons (Fsp3) is 0.545. The SMILES string of the molecule is CC.COCOc1c(C)cc(C)nc1Br. The van der Waals surface area contributed by atoms with Gasteiger partial charge in [0.05, 0.1) is 0 Å². The summed E-state index contributed by atoms with van der Waals surface area (Å²) in [6, 6.07) is 1.97. The first-order chi connectivity index (χ1) is 7.15. The van der Waals surface area contributed by atoms with Crippen molar-refractivity contribution in [2.75, 3.05) is 13.9 Å². The predicted octanol–water partition coefficient (Wildman–Crippen LogP) is 3.47. The molecule has 1 aromatic heterocycles. The van der Waals surface area contributed by atoms with Crippen molar-refractivity contribution < 1.29 is 9.47 Å². The van der Waals surface area contributed by atoms with Crippen LogP contribution in [-0.2, 0) is 4.74 Å². The van der Waals surface area contributed by atoms with Gasteiger partial charge in [-0.25, -0.2) is 4.98 Å². The third-order valence-corrected chi connectivity index (χ3v) is 2.10.